The topological polar surface area (TPSA) is 58.6 Å². The molecule has 5 heteroatoms. The third kappa shape index (κ3) is 2.70. The first-order valence-corrected chi connectivity index (χ1v) is 7.63. The molecule has 106 valence electrons. The summed E-state index contributed by atoms with van der Waals surface area (Å²) in [6, 6.07) is 7.97. The summed E-state index contributed by atoms with van der Waals surface area (Å²) in [6.45, 7) is 1.38. The molecule has 0 unspecified atom stereocenters. The Kier molecular flexibility index (Phi) is 4.00. The van der Waals surface area contributed by atoms with Gasteiger partial charge in [-0.15, -0.1) is 11.3 Å². The van der Waals surface area contributed by atoms with Crippen molar-refractivity contribution in [3.8, 4) is 0 Å². The van der Waals surface area contributed by atoms with Crippen LogP contribution in [0.25, 0.3) is 10.1 Å². The zero-order valence-electron chi connectivity index (χ0n) is 11.0. The molecule has 1 fully saturated rings. The van der Waals surface area contributed by atoms with Crippen molar-refractivity contribution in [2.24, 2.45) is 5.92 Å². The number of carbonyl (C=O) groups is 1. The van der Waals surface area contributed by atoms with Crippen molar-refractivity contribution in [3.63, 3.8) is 0 Å². The number of benzene rings is 1. The Morgan fingerprint density at radius 1 is 1.50 bits per heavy atom. The third-order valence-electron chi connectivity index (χ3n) is 3.64. The molecule has 2 N–H and O–H groups in total. The van der Waals surface area contributed by atoms with E-state index in [0.29, 0.717) is 13.2 Å². The lowest BCUT2D eigenvalue weighted by Gasteiger charge is -2.13. The summed E-state index contributed by atoms with van der Waals surface area (Å²) in [6.07, 6.45) is 0.0981. The van der Waals surface area contributed by atoms with Gasteiger partial charge in [0.2, 0.25) is 5.91 Å². The predicted octanol–water partition coefficient (Wildman–Crippen LogP) is 2.09. The lowest BCUT2D eigenvalue weighted by molar-refractivity contribution is -0.125. The number of aliphatic hydroxyl groups excluding tert-OH is 1. The summed E-state index contributed by atoms with van der Waals surface area (Å²) < 4.78 is 6.34. The lowest BCUT2D eigenvalue weighted by atomic mass is 10.1. The van der Waals surface area contributed by atoms with E-state index in [1.807, 2.05) is 29.6 Å². The number of nitrogens with one attached hydrogen (secondary N) is 1. The zero-order chi connectivity index (χ0) is 13.9. The average molecular weight is 291 g/mol. The molecule has 20 heavy (non-hydrogen) atoms. The normalized spacial score (nSPS) is 20.1. The minimum absolute atomic E-state index is 0.0268. The van der Waals surface area contributed by atoms with E-state index < -0.39 is 6.10 Å². The molecule has 4 nitrogen and oxygen atoms in total. The van der Waals surface area contributed by atoms with Gasteiger partial charge in [0.05, 0.1) is 18.6 Å². The van der Waals surface area contributed by atoms with Gasteiger partial charge in [0.1, 0.15) is 0 Å². The molecule has 1 saturated heterocycles. The first-order chi connectivity index (χ1) is 9.75. The van der Waals surface area contributed by atoms with Crippen molar-refractivity contribution in [2.75, 3.05) is 19.8 Å². The fraction of sp³-hybridized carbons (Fsp3) is 0.400. The molecule has 0 saturated carbocycles. The number of rotatable bonds is 4. The molecule has 1 aliphatic heterocycles. The number of hydrogen-bond acceptors (Lipinski definition) is 4. The lowest BCUT2D eigenvalue weighted by Crippen LogP contribution is -2.34. The van der Waals surface area contributed by atoms with E-state index in [1.54, 1.807) is 11.3 Å². The molecular weight excluding hydrogens is 274 g/mol. The summed E-state index contributed by atoms with van der Waals surface area (Å²) in [4.78, 5) is 11.9. The van der Waals surface area contributed by atoms with Gasteiger partial charge in [0.15, 0.2) is 0 Å². The van der Waals surface area contributed by atoms with Gasteiger partial charge >= 0.3 is 0 Å². The van der Waals surface area contributed by atoms with Crippen LogP contribution in [0.2, 0.25) is 0 Å². The Balaban J connectivity index is 1.64. The second-order valence-electron chi connectivity index (χ2n) is 5.01. The summed E-state index contributed by atoms with van der Waals surface area (Å²) in [5, 5.41) is 16.1. The Labute approximate surface area is 121 Å². The number of amides is 1. The average Bonchev–Trinajstić information content (AvgIpc) is 3.13. The molecule has 2 aromatic rings. The van der Waals surface area contributed by atoms with Gasteiger partial charge in [-0.2, -0.15) is 0 Å². The minimum atomic E-state index is -0.669. The standard InChI is InChI=1S/C15H17NO3S/c17-13(7-16-15(18)10-5-6-19-8-10)12-9-20-14-4-2-1-3-11(12)14/h1-4,9-10,13,17H,5-8H2,(H,16,18)/t10-,13-/m1/s1. The first-order valence-electron chi connectivity index (χ1n) is 6.75. The molecule has 0 bridgehead atoms. The summed E-state index contributed by atoms with van der Waals surface area (Å²) >= 11 is 1.61. The predicted molar refractivity (Wildman–Crippen MR) is 78.7 cm³/mol. The summed E-state index contributed by atoms with van der Waals surface area (Å²) in [7, 11) is 0. The van der Waals surface area contributed by atoms with Gasteiger partial charge in [0.25, 0.3) is 0 Å². The summed E-state index contributed by atoms with van der Waals surface area (Å²) in [5.74, 6) is -0.0949. The van der Waals surface area contributed by atoms with Crippen molar-refractivity contribution in [2.45, 2.75) is 12.5 Å². The van der Waals surface area contributed by atoms with Crippen LogP contribution in [-0.4, -0.2) is 30.8 Å². The maximum absolute atomic E-state index is 11.9. The van der Waals surface area contributed by atoms with E-state index in [9.17, 15) is 9.90 Å². The molecule has 3 rings (SSSR count). The van der Waals surface area contributed by atoms with Gasteiger partial charge in [-0.3, -0.25) is 4.79 Å². The number of ether oxygens (including phenoxy) is 1. The molecule has 2 atom stereocenters. The van der Waals surface area contributed by atoms with Crippen LogP contribution in [0.3, 0.4) is 0 Å². The molecule has 1 aromatic carbocycles. The van der Waals surface area contributed by atoms with Gasteiger partial charge < -0.3 is 15.2 Å². The van der Waals surface area contributed by atoms with Crippen molar-refractivity contribution < 1.29 is 14.6 Å². The van der Waals surface area contributed by atoms with E-state index in [2.05, 4.69) is 5.32 Å². The largest absolute Gasteiger partial charge is 0.387 e. The van der Waals surface area contributed by atoms with Gasteiger partial charge in [-0.1, -0.05) is 18.2 Å². The Morgan fingerprint density at radius 2 is 2.35 bits per heavy atom. The molecule has 0 spiro atoms. The fourth-order valence-corrected chi connectivity index (χ4v) is 3.46. The molecule has 1 aliphatic rings. The van der Waals surface area contributed by atoms with Gasteiger partial charge in [-0.25, -0.2) is 0 Å². The summed E-state index contributed by atoms with van der Waals surface area (Å²) in [5.41, 5.74) is 0.883. The zero-order valence-corrected chi connectivity index (χ0v) is 11.9. The highest BCUT2D eigenvalue weighted by Crippen LogP contribution is 2.29. The molecule has 0 radical (unpaired) electrons. The van der Waals surface area contributed by atoms with Crippen LogP contribution in [-0.2, 0) is 9.53 Å². The highest BCUT2D eigenvalue weighted by Gasteiger charge is 2.24. The van der Waals surface area contributed by atoms with E-state index in [1.165, 1.54) is 0 Å². The highest BCUT2D eigenvalue weighted by atomic mass is 32.1. The molecule has 1 aromatic heterocycles. The monoisotopic (exact) mass is 291 g/mol. The van der Waals surface area contributed by atoms with Crippen LogP contribution in [0.4, 0.5) is 0 Å². The van der Waals surface area contributed by atoms with Crippen LogP contribution >= 0.6 is 11.3 Å². The van der Waals surface area contributed by atoms with Crippen LogP contribution in [0.15, 0.2) is 29.6 Å². The van der Waals surface area contributed by atoms with Crippen LogP contribution in [0, 0.1) is 5.92 Å². The van der Waals surface area contributed by atoms with E-state index in [-0.39, 0.29) is 18.4 Å². The Morgan fingerprint density at radius 3 is 3.15 bits per heavy atom. The smallest absolute Gasteiger partial charge is 0.225 e. The number of fused-ring (bicyclic) bond motifs is 1. The number of hydrogen-bond donors (Lipinski definition) is 2. The first kappa shape index (κ1) is 13.5. The van der Waals surface area contributed by atoms with Crippen molar-refractivity contribution in [1.82, 2.24) is 5.32 Å². The van der Waals surface area contributed by atoms with Crippen LogP contribution in [0.1, 0.15) is 18.1 Å². The highest BCUT2D eigenvalue weighted by molar-refractivity contribution is 7.17. The van der Waals surface area contributed by atoms with Gasteiger partial charge in [0, 0.05) is 23.4 Å². The molecule has 2 heterocycles. The maximum Gasteiger partial charge on any atom is 0.225 e. The van der Waals surface area contributed by atoms with Crippen molar-refractivity contribution >= 4 is 27.3 Å². The van der Waals surface area contributed by atoms with E-state index in [0.717, 1.165) is 22.1 Å². The maximum atomic E-state index is 11.9. The van der Waals surface area contributed by atoms with Crippen LogP contribution < -0.4 is 5.32 Å². The number of aliphatic hydroxyl groups is 1. The molecule has 1 amide bonds. The van der Waals surface area contributed by atoms with E-state index >= 15 is 0 Å². The second-order valence-corrected chi connectivity index (χ2v) is 5.92. The SMILES string of the molecule is O=C(NC[C@@H](O)c1csc2ccccc12)[C@@H]1CCOC1. The number of thiophene rings is 1. The second kappa shape index (κ2) is 5.91. The minimum Gasteiger partial charge on any atom is -0.387 e. The Bertz CT molecular complexity index is 604. The van der Waals surface area contributed by atoms with Crippen molar-refractivity contribution in [1.29, 1.82) is 0 Å². The van der Waals surface area contributed by atoms with Crippen molar-refractivity contribution in [3.05, 3.63) is 35.2 Å². The fourth-order valence-electron chi connectivity index (χ4n) is 2.45. The Hall–Kier alpha value is -1.43. The molecule has 0 aliphatic carbocycles. The molecular formula is C15H17NO3S. The number of carbonyl (C=O) groups excluding carboxylic acids is 1. The van der Waals surface area contributed by atoms with Gasteiger partial charge in [-0.05, 0) is 23.3 Å². The quantitative estimate of drug-likeness (QED) is 0.907. The third-order valence-corrected chi connectivity index (χ3v) is 4.62. The van der Waals surface area contributed by atoms with Crippen LogP contribution in [0.5, 0.6) is 0 Å². The van der Waals surface area contributed by atoms with E-state index in [4.69, 9.17) is 4.74 Å².